The van der Waals surface area contributed by atoms with Crippen molar-refractivity contribution in [3.63, 3.8) is 0 Å². The Morgan fingerprint density at radius 3 is 2.00 bits per heavy atom. The van der Waals surface area contributed by atoms with E-state index in [2.05, 4.69) is 118 Å². The number of hydrogen-bond donors (Lipinski definition) is 2. The van der Waals surface area contributed by atoms with Crippen LogP contribution in [0.1, 0.15) is 11.4 Å². The van der Waals surface area contributed by atoms with E-state index in [9.17, 15) is 0 Å². The molecule has 4 heterocycles. The fraction of sp³-hybridized carbons (Fsp3) is 0.143. The summed E-state index contributed by atoms with van der Waals surface area (Å²) < 4.78 is 4.33. The van der Waals surface area contributed by atoms with E-state index in [1.165, 1.54) is 11.3 Å². The molecule has 0 spiro atoms. The van der Waals surface area contributed by atoms with Crippen molar-refractivity contribution in [2.75, 3.05) is 0 Å². The van der Waals surface area contributed by atoms with Gasteiger partial charge in [0.15, 0.2) is 12.4 Å². The number of benzene rings is 2. The first-order valence-corrected chi connectivity index (χ1v) is 11.4. The molecule has 0 saturated heterocycles. The highest BCUT2D eigenvalue weighted by atomic mass is 15.0. The van der Waals surface area contributed by atoms with Gasteiger partial charge >= 0.3 is 0 Å². The quantitative estimate of drug-likeness (QED) is 0.387. The van der Waals surface area contributed by atoms with Crippen LogP contribution in [0.4, 0.5) is 0 Å². The second-order valence-electron chi connectivity index (χ2n) is 8.90. The van der Waals surface area contributed by atoms with E-state index in [0.717, 1.165) is 56.1 Å². The molecule has 0 aliphatic heterocycles. The monoisotopic (exact) mass is 446 g/mol. The van der Waals surface area contributed by atoms with Crippen molar-refractivity contribution in [1.82, 2.24) is 19.9 Å². The number of nitrogens with zero attached hydrogens (tertiary/aromatic N) is 4. The molecule has 4 aromatic heterocycles. The molecule has 0 radical (unpaired) electrons. The van der Waals surface area contributed by atoms with Gasteiger partial charge in [0.25, 0.3) is 11.4 Å². The Morgan fingerprint density at radius 2 is 1.29 bits per heavy atom. The smallest absolute Gasteiger partial charge is 0.288 e. The van der Waals surface area contributed by atoms with Gasteiger partial charge in [-0.15, -0.1) is 0 Å². The zero-order valence-corrected chi connectivity index (χ0v) is 19.7. The molecule has 0 bridgehead atoms. The molecule has 0 fully saturated rings. The first kappa shape index (κ1) is 20.3. The standard InChI is InChI=1S/C28H24N6/c1-17-7-5-13-33(3)26(17)27-21(8-6-14-34(27)4)28-31-23-12-10-20(16-25(23)32-28)19-9-11-22-24(15-19)30-18(2)29-22/h5-16H,1-4H3/p+2. The Balaban J connectivity index is 1.49. The van der Waals surface area contributed by atoms with Crippen molar-refractivity contribution >= 4 is 22.1 Å². The first-order chi connectivity index (χ1) is 16.5. The molecule has 0 unspecified atom stereocenters. The molecule has 0 aliphatic carbocycles. The van der Waals surface area contributed by atoms with Gasteiger partial charge in [0, 0.05) is 17.7 Å². The predicted octanol–water partition coefficient (Wildman–Crippen LogP) is 4.71. The molecule has 0 saturated carbocycles. The van der Waals surface area contributed by atoms with Gasteiger partial charge in [-0.3, -0.25) is 0 Å². The average molecular weight is 447 g/mol. The Morgan fingerprint density at radius 1 is 0.676 bits per heavy atom. The normalized spacial score (nSPS) is 11.5. The lowest BCUT2D eigenvalue weighted by molar-refractivity contribution is -0.690. The molecule has 34 heavy (non-hydrogen) atoms. The minimum Gasteiger partial charge on any atom is -0.342 e. The Kier molecular flexibility index (Phi) is 4.55. The van der Waals surface area contributed by atoms with Crippen molar-refractivity contribution in [2.45, 2.75) is 13.8 Å². The number of H-pyrrole nitrogens is 2. The van der Waals surface area contributed by atoms with Crippen LogP contribution >= 0.6 is 0 Å². The number of rotatable bonds is 3. The molecule has 6 rings (SSSR count). The van der Waals surface area contributed by atoms with E-state index >= 15 is 0 Å². The van der Waals surface area contributed by atoms with Gasteiger partial charge < -0.3 is 9.97 Å². The molecule has 0 aliphatic rings. The van der Waals surface area contributed by atoms with E-state index in [-0.39, 0.29) is 0 Å². The zero-order valence-electron chi connectivity index (χ0n) is 19.7. The van der Waals surface area contributed by atoms with Crippen LogP contribution in [-0.4, -0.2) is 19.9 Å². The minimum atomic E-state index is 0.862. The Bertz CT molecular complexity index is 1690. The van der Waals surface area contributed by atoms with Gasteiger partial charge in [-0.25, -0.2) is 9.97 Å². The number of aromatic nitrogens is 6. The highest BCUT2D eigenvalue weighted by Crippen LogP contribution is 2.31. The van der Waals surface area contributed by atoms with Crippen molar-refractivity contribution in [1.29, 1.82) is 0 Å². The second-order valence-corrected chi connectivity index (χ2v) is 8.90. The van der Waals surface area contributed by atoms with Gasteiger partial charge in [0.05, 0.1) is 27.6 Å². The van der Waals surface area contributed by atoms with Gasteiger partial charge in [0.2, 0.25) is 0 Å². The SMILES string of the molecule is Cc1nc2ccc(-c3ccc4nc(-c5ccc[n+](C)c5-c5c(C)ccc[n+]5C)[nH]c4c3)cc2[nH]1. The summed E-state index contributed by atoms with van der Waals surface area (Å²) in [6, 6.07) is 21.2. The maximum atomic E-state index is 4.96. The summed E-state index contributed by atoms with van der Waals surface area (Å²) in [6.07, 6.45) is 4.17. The fourth-order valence-corrected chi connectivity index (χ4v) is 4.83. The Hall–Kier alpha value is -4.32. The largest absolute Gasteiger partial charge is 0.342 e. The average Bonchev–Trinajstić information content (AvgIpc) is 3.41. The lowest BCUT2D eigenvalue weighted by Crippen LogP contribution is -2.39. The number of aromatic amines is 2. The summed E-state index contributed by atoms with van der Waals surface area (Å²) in [5.74, 6) is 1.79. The molecular weight excluding hydrogens is 420 g/mol. The number of imidazole rings is 2. The van der Waals surface area contributed by atoms with Crippen molar-refractivity contribution in [3.8, 4) is 33.9 Å². The molecule has 6 nitrogen and oxygen atoms in total. The molecule has 6 heteroatoms. The van der Waals surface area contributed by atoms with Crippen molar-refractivity contribution in [2.24, 2.45) is 14.1 Å². The lowest BCUT2D eigenvalue weighted by atomic mass is 10.0. The zero-order chi connectivity index (χ0) is 23.4. The van der Waals surface area contributed by atoms with Gasteiger partial charge in [-0.05, 0) is 61.4 Å². The summed E-state index contributed by atoms with van der Waals surface area (Å²) in [4.78, 5) is 16.4. The van der Waals surface area contributed by atoms with Gasteiger partial charge in [-0.1, -0.05) is 12.1 Å². The summed E-state index contributed by atoms with van der Waals surface area (Å²) in [5, 5.41) is 0. The van der Waals surface area contributed by atoms with E-state index in [1.807, 2.05) is 6.92 Å². The molecule has 166 valence electrons. The fourth-order valence-electron chi connectivity index (χ4n) is 4.83. The maximum absolute atomic E-state index is 4.96. The molecule has 2 N–H and O–H groups in total. The van der Waals surface area contributed by atoms with Crippen LogP contribution in [0.3, 0.4) is 0 Å². The Labute approximate surface area is 197 Å². The number of nitrogens with one attached hydrogen (secondary N) is 2. The summed E-state index contributed by atoms with van der Waals surface area (Å²) >= 11 is 0. The third kappa shape index (κ3) is 3.27. The number of aryl methyl sites for hydroxylation is 4. The maximum Gasteiger partial charge on any atom is 0.288 e. The van der Waals surface area contributed by atoms with E-state index in [4.69, 9.17) is 4.98 Å². The van der Waals surface area contributed by atoms with Crippen LogP contribution in [0.2, 0.25) is 0 Å². The third-order valence-corrected chi connectivity index (χ3v) is 6.46. The summed E-state index contributed by atoms with van der Waals surface area (Å²) in [7, 11) is 4.17. The highest BCUT2D eigenvalue weighted by Gasteiger charge is 2.28. The van der Waals surface area contributed by atoms with Crippen molar-refractivity contribution in [3.05, 3.63) is 84.4 Å². The lowest BCUT2D eigenvalue weighted by Gasteiger charge is -2.06. The highest BCUT2D eigenvalue weighted by molar-refractivity contribution is 5.88. The predicted molar refractivity (Wildman–Crippen MR) is 134 cm³/mol. The van der Waals surface area contributed by atoms with Crippen molar-refractivity contribution < 1.29 is 9.13 Å². The van der Waals surface area contributed by atoms with E-state index in [0.29, 0.717) is 0 Å². The van der Waals surface area contributed by atoms with Crippen LogP contribution in [0.15, 0.2) is 73.1 Å². The number of pyridine rings is 2. The molecular formula is C28H26N6+2. The van der Waals surface area contributed by atoms with Crippen LogP contribution in [0.25, 0.3) is 56.0 Å². The molecule has 6 aromatic rings. The van der Waals surface area contributed by atoms with E-state index < -0.39 is 0 Å². The minimum absolute atomic E-state index is 0.862. The van der Waals surface area contributed by atoms with Crippen LogP contribution in [0, 0.1) is 13.8 Å². The topological polar surface area (TPSA) is 65.1 Å². The summed E-state index contributed by atoms with van der Waals surface area (Å²) in [6.45, 7) is 4.13. The van der Waals surface area contributed by atoms with Gasteiger partial charge in [0.1, 0.15) is 25.7 Å². The molecule has 2 aromatic carbocycles. The number of fused-ring (bicyclic) bond motifs is 2. The first-order valence-electron chi connectivity index (χ1n) is 11.4. The summed E-state index contributed by atoms with van der Waals surface area (Å²) in [5.41, 5.74) is 10.9. The second kappa shape index (κ2) is 7.63. The van der Waals surface area contributed by atoms with Crippen LogP contribution < -0.4 is 9.13 Å². The van der Waals surface area contributed by atoms with E-state index in [1.54, 1.807) is 0 Å². The van der Waals surface area contributed by atoms with Crippen LogP contribution in [-0.2, 0) is 14.1 Å². The molecule has 0 atom stereocenters. The third-order valence-electron chi connectivity index (χ3n) is 6.46. The van der Waals surface area contributed by atoms with Crippen LogP contribution in [0.5, 0.6) is 0 Å². The number of hydrogen-bond acceptors (Lipinski definition) is 2. The van der Waals surface area contributed by atoms with Gasteiger partial charge in [-0.2, -0.15) is 9.13 Å². The molecule has 0 amide bonds.